The second-order valence-corrected chi connectivity index (χ2v) is 16.9. The summed E-state index contributed by atoms with van der Waals surface area (Å²) in [7, 11) is 0. The number of nitrogens with zero attached hydrogens (tertiary/aromatic N) is 2. The van der Waals surface area contributed by atoms with E-state index in [9.17, 15) is 79.5 Å². The number of amides is 6. The number of hydrogen-bond donors (Lipinski definition) is 13. The lowest BCUT2D eigenvalue weighted by Crippen LogP contribution is -2.61. The highest BCUT2D eigenvalue weighted by Gasteiger charge is 2.50. The summed E-state index contributed by atoms with van der Waals surface area (Å²) in [6.07, 6.45) is -15.1. The first-order valence-electron chi connectivity index (χ1n) is 21.1. The van der Waals surface area contributed by atoms with Gasteiger partial charge in [-0.15, -0.1) is 0 Å². The van der Waals surface area contributed by atoms with Crippen LogP contribution in [0.1, 0.15) is 84.3 Å². The molecule has 22 heteroatoms. The Bertz CT molecular complexity index is 1800. The van der Waals surface area contributed by atoms with Gasteiger partial charge in [-0.05, 0) is 38.0 Å². The summed E-state index contributed by atoms with van der Waals surface area (Å²) in [4.78, 5) is 99.1. The van der Waals surface area contributed by atoms with E-state index in [4.69, 9.17) is 0 Å². The van der Waals surface area contributed by atoms with Gasteiger partial charge in [0.2, 0.25) is 35.4 Å². The van der Waals surface area contributed by atoms with Crippen LogP contribution in [0.15, 0.2) is 24.3 Å². The number of Topliss-reactive ketones (excluding diaryl/α,β-unsaturated/α-hetero) is 1. The first kappa shape index (κ1) is 50.8. The second-order valence-electron chi connectivity index (χ2n) is 16.9. The van der Waals surface area contributed by atoms with E-state index in [0.29, 0.717) is 12.8 Å². The van der Waals surface area contributed by atoms with Gasteiger partial charge in [-0.2, -0.15) is 0 Å². The van der Waals surface area contributed by atoms with Crippen LogP contribution in [-0.2, 0) is 33.6 Å². The molecule has 352 valence electrons. The largest absolute Gasteiger partial charge is 0.508 e. The van der Waals surface area contributed by atoms with Crippen molar-refractivity contribution in [1.82, 2.24) is 31.1 Å². The molecular weight excluding hydrogens is 832 g/mol. The minimum absolute atomic E-state index is 0.0219. The highest BCUT2D eigenvalue weighted by Crippen LogP contribution is 2.30. The van der Waals surface area contributed by atoms with Gasteiger partial charge in [-0.3, -0.25) is 33.6 Å². The zero-order valence-electron chi connectivity index (χ0n) is 35.6. The highest BCUT2D eigenvalue weighted by molar-refractivity contribution is 5.98. The topological polar surface area (TPSA) is 356 Å². The Balaban J connectivity index is 1.82. The molecule has 63 heavy (non-hydrogen) atoms. The molecular formula is C41H62N6O16. The molecule has 15 atom stereocenters. The molecule has 1 aromatic rings. The summed E-state index contributed by atoms with van der Waals surface area (Å²) in [6.45, 7) is 4.77. The number of aromatic hydroxyl groups is 1. The zero-order chi connectivity index (χ0) is 47.0. The van der Waals surface area contributed by atoms with E-state index in [2.05, 4.69) is 21.3 Å². The van der Waals surface area contributed by atoms with E-state index in [1.165, 1.54) is 31.2 Å². The van der Waals surface area contributed by atoms with E-state index < -0.39 is 158 Å². The number of hydrogen-bond acceptors (Lipinski definition) is 16. The van der Waals surface area contributed by atoms with Crippen molar-refractivity contribution in [3.63, 3.8) is 0 Å². The molecule has 4 rings (SSSR count). The maximum absolute atomic E-state index is 14.2. The van der Waals surface area contributed by atoms with Gasteiger partial charge in [0.1, 0.15) is 42.1 Å². The number of rotatable bonds is 10. The number of benzene rings is 1. The van der Waals surface area contributed by atoms with E-state index >= 15 is 0 Å². The van der Waals surface area contributed by atoms with E-state index in [1.54, 1.807) is 0 Å². The molecule has 3 aliphatic heterocycles. The van der Waals surface area contributed by atoms with Crippen LogP contribution in [0.5, 0.6) is 5.75 Å². The molecule has 0 bridgehead atoms. The quantitative estimate of drug-likeness (QED) is 0.0985. The fourth-order valence-corrected chi connectivity index (χ4v) is 8.10. The molecule has 3 saturated heterocycles. The monoisotopic (exact) mass is 894 g/mol. The Morgan fingerprint density at radius 2 is 1.38 bits per heavy atom. The van der Waals surface area contributed by atoms with Crippen molar-refractivity contribution in [3.05, 3.63) is 29.8 Å². The maximum Gasteiger partial charge on any atom is 0.248 e. The third kappa shape index (κ3) is 12.5. The number of phenolic OH excluding ortho intramolecular Hbond substituents is 1. The van der Waals surface area contributed by atoms with Gasteiger partial charge in [-0.25, -0.2) is 0 Å². The number of phenols is 1. The summed E-state index contributed by atoms with van der Waals surface area (Å²) in [5.41, 5.74) is -0.0219. The Morgan fingerprint density at radius 3 is 1.97 bits per heavy atom. The predicted molar refractivity (Wildman–Crippen MR) is 217 cm³/mol. The average Bonchev–Trinajstić information content (AvgIpc) is 3.77. The van der Waals surface area contributed by atoms with Crippen LogP contribution in [0.25, 0.3) is 0 Å². The van der Waals surface area contributed by atoms with Crippen LogP contribution < -0.4 is 21.3 Å². The van der Waals surface area contributed by atoms with Gasteiger partial charge in [0.25, 0.3) is 0 Å². The Morgan fingerprint density at radius 1 is 0.794 bits per heavy atom. The van der Waals surface area contributed by atoms with Crippen LogP contribution in [0, 0.1) is 11.8 Å². The maximum atomic E-state index is 14.2. The smallest absolute Gasteiger partial charge is 0.248 e. The molecule has 0 aliphatic carbocycles. The molecule has 0 radical (unpaired) electrons. The molecule has 3 heterocycles. The van der Waals surface area contributed by atoms with E-state index in [1.807, 2.05) is 6.92 Å². The second kappa shape index (κ2) is 22.2. The van der Waals surface area contributed by atoms with E-state index in [-0.39, 0.29) is 24.3 Å². The number of ketones is 1. The number of aliphatic hydroxyl groups excluding tert-OH is 8. The van der Waals surface area contributed by atoms with Crippen LogP contribution in [0.4, 0.5) is 0 Å². The van der Waals surface area contributed by atoms with Crippen molar-refractivity contribution in [1.29, 1.82) is 0 Å². The SMILES string of the molecule is CCCCCC(=O)N[C@H]1C[C@@H](O)[C@@H](O)NC(=O)[C@@H]2[C@@H](O)[C@@H](C)CN2C(=O)[C@H]([C@@H](C)O)NC(=O)[C@H]([C@H](O)[C@@H](O)c2ccc(O)cc2)CC(=O)[C@@H]2C[C@@H](O)CN2C(=O)[C@H]([C@@H](C)O)NC1=O. The Hall–Kier alpha value is -4.81. The number of aliphatic hydroxyl groups is 8. The summed E-state index contributed by atoms with van der Waals surface area (Å²) >= 11 is 0. The van der Waals surface area contributed by atoms with Gasteiger partial charge in [0.05, 0.1) is 42.5 Å². The molecule has 6 amide bonds. The van der Waals surface area contributed by atoms with Gasteiger partial charge in [0.15, 0.2) is 12.0 Å². The molecule has 13 N–H and O–H groups in total. The number of carbonyl (C=O) groups is 7. The van der Waals surface area contributed by atoms with Crippen LogP contribution in [0.3, 0.4) is 0 Å². The fraction of sp³-hybridized carbons (Fsp3) is 0.683. The van der Waals surface area contributed by atoms with Crippen molar-refractivity contribution in [2.24, 2.45) is 11.8 Å². The molecule has 0 spiro atoms. The van der Waals surface area contributed by atoms with Gasteiger partial charge in [-0.1, -0.05) is 38.8 Å². The standard InChI is InChI=1S/C41H62N6O16/c1-5-6-7-8-29(54)42-25-15-28(53)38(60)45-39(61)32-33(55)18(2)16-47(32)41(63)31(20(4)49)43-36(58)24(35(57)34(56)21-9-11-22(50)12-10-21)14-27(52)26-13-23(51)17-46(26)40(62)30(19(3)48)44-37(25)59/h9-12,18-20,23-26,28,30-35,38,48-51,53,55-57,60H,5-8,13-17H2,1-4H3,(H,42,54)(H,43,58)(H,44,59)(H,45,61)/t18-,19+,20+,23+,24-,25-,26-,28+,30-,31-,32-,33-,34-,35-,38+/m0/s1. The van der Waals surface area contributed by atoms with Gasteiger partial charge >= 0.3 is 0 Å². The number of fused-ring (bicyclic) bond motifs is 2. The molecule has 22 nitrogen and oxygen atoms in total. The molecule has 3 aliphatic rings. The zero-order valence-corrected chi connectivity index (χ0v) is 35.6. The van der Waals surface area contributed by atoms with Crippen molar-refractivity contribution in [2.45, 2.75) is 152 Å². The molecule has 0 saturated carbocycles. The Kier molecular flexibility index (Phi) is 17.9. The third-order valence-corrected chi connectivity index (χ3v) is 11.8. The third-order valence-electron chi connectivity index (χ3n) is 11.8. The van der Waals surface area contributed by atoms with Crippen LogP contribution in [0.2, 0.25) is 0 Å². The van der Waals surface area contributed by atoms with Crippen LogP contribution in [-0.4, -0.2) is 183 Å². The lowest BCUT2D eigenvalue weighted by atomic mass is 9.86. The van der Waals surface area contributed by atoms with Gasteiger partial charge < -0.3 is 77.0 Å². The number of nitrogens with one attached hydrogen (secondary N) is 4. The normalized spacial score (nSPS) is 32.6. The lowest BCUT2D eigenvalue weighted by Gasteiger charge is -2.33. The summed E-state index contributed by atoms with van der Waals surface area (Å²) in [5, 5.41) is 107. The highest BCUT2D eigenvalue weighted by atomic mass is 16.3. The number of unbranched alkanes of at least 4 members (excludes halogenated alkanes) is 2. The van der Waals surface area contributed by atoms with Crippen molar-refractivity contribution in [3.8, 4) is 5.75 Å². The van der Waals surface area contributed by atoms with Crippen molar-refractivity contribution >= 4 is 41.2 Å². The van der Waals surface area contributed by atoms with Crippen LogP contribution >= 0.6 is 0 Å². The minimum Gasteiger partial charge on any atom is -0.508 e. The van der Waals surface area contributed by atoms with Gasteiger partial charge in [0, 0.05) is 44.7 Å². The summed E-state index contributed by atoms with van der Waals surface area (Å²) < 4.78 is 0. The first-order chi connectivity index (χ1) is 29.6. The number of carbonyl (C=O) groups excluding carboxylic acids is 7. The van der Waals surface area contributed by atoms with Crippen molar-refractivity contribution in [2.75, 3.05) is 13.1 Å². The molecule has 1 aromatic carbocycles. The average molecular weight is 895 g/mol. The predicted octanol–water partition coefficient (Wildman–Crippen LogP) is -4.47. The molecule has 3 fully saturated rings. The minimum atomic E-state index is -2.21. The van der Waals surface area contributed by atoms with Crippen molar-refractivity contribution < 1.29 is 79.5 Å². The fourth-order valence-electron chi connectivity index (χ4n) is 8.10. The Labute approximate surface area is 363 Å². The molecule has 0 aromatic heterocycles. The first-order valence-corrected chi connectivity index (χ1v) is 21.1. The van der Waals surface area contributed by atoms with E-state index in [0.717, 1.165) is 30.1 Å². The molecule has 0 unspecified atom stereocenters. The summed E-state index contributed by atoms with van der Waals surface area (Å²) in [6, 6.07) is -4.05. The summed E-state index contributed by atoms with van der Waals surface area (Å²) in [5.74, 6) is -10.5. The lowest BCUT2D eigenvalue weighted by molar-refractivity contribution is -0.149.